The number of nitrogens with zero attached hydrogens (tertiary/aromatic N) is 1. The lowest BCUT2D eigenvalue weighted by atomic mass is 10.0. The summed E-state index contributed by atoms with van der Waals surface area (Å²) < 4.78 is 43.8. The number of hydrogen-bond acceptors (Lipinski definition) is 4. The smallest absolute Gasteiger partial charge is 0.458 e. The van der Waals surface area contributed by atoms with E-state index < -0.39 is 18.4 Å². The third-order valence-corrected chi connectivity index (χ3v) is 4.47. The maximum atomic E-state index is 12.7. The highest BCUT2D eigenvalue weighted by atomic mass is 35.5. The van der Waals surface area contributed by atoms with Gasteiger partial charge in [0.1, 0.15) is 12.4 Å². The lowest BCUT2D eigenvalue weighted by Crippen LogP contribution is -2.45. The van der Waals surface area contributed by atoms with Crippen LogP contribution in [0.5, 0.6) is 5.75 Å². The molecule has 3 rings (SSSR count). The maximum Gasteiger partial charge on any atom is 0.458 e. The van der Waals surface area contributed by atoms with Crippen LogP contribution in [-0.4, -0.2) is 22.8 Å². The molecule has 0 fully saturated rings. The van der Waals surface area contributed by atoms with Crippen molar-refractivity contribution in [2.24, 2.45) is 5.16 Å². The van der Waals surface area contributed by atoms with E-state index in [-0.39, 0.29) is 12.3 Å². The third-order valence-electron chi connectivity index (χ3n) is 3.73. The quantitative estimate of drug-likeness (QED) is 0.782. The minimum atomic E-state index is -4.93. The first-order valence-corrected chi connectivity index (χ1v) is 8.15. The fraction of sp³-hybridized carbons (Fsp3) is 0.235. The molecule has 1 atom stereocenters. The molecule has 0 radical (unpaired) electrons. The zero-order chi connectivity index (χ0) is 18.9. The van der Waals surface area contributed by atoms with Gasteiger partial charge in [0.2, 0.25) is 0 Å². The van der Waals surface area contributed by atoms with Crippen molar-refractivity contribution in [2.75, 3.05) is 0 Å². The zero-order valence-electron chi connectivity index (χ0n) is 13.1. The summed E-state index contributed by atoms with van der Waals surface area (Å²) in [6.45, 7) is 0.244. The maximum absolute atomic E-state index is 12.7. The number of hydrogen-bond donors (Lipinski definition) is 1. The van der Waals surface area contributed by atoms with Crippen molar-refractivity contribution >= 4 is 28.9 Å². The van der Waals surface area contributed by atoms with Crippen LogP contribution >= 0.6 is 23.2 Å². The van der Waals surface area contributed by atoms with E-state index in [0.29, 0.717) is 21.4 Å². The molecule has 4 nitrogen and oxygen atoms in total. The molecule has 1 aliphatic rings. The van der Waals surface area contributed by atoms with E-state index in [1.165, 1.54) is 12.1 Å². The van der Waals surface area contributed by atoms with Crippen molar-refractivity contribution in [1.29, 1.82) is 0 Å². The van der Waals surface area contributed by atoms with Crippen molar-refractivity contribution in [2.45, 2.75) is 25.0 Å². The van der Waals surface area contributed by atoms with Gasteiger partial charge in [-0.3, -0.25) is 0 Å². The predicted molar refractivity (Wildman–Crippen MR) is 90.5 cm³/mol. The first kappa shape index (κ1) is 18.8. The van der Waals surface area contributed by atoms with Crippen LogP contribution in [0.1, 0.15) is 17.5 Å². The molecular formula is C17H12Cl2F3NO3. The molecule has 9 heteroatoms. The van der Waals surface area contributed by atoms with Gasteiger partial charge in [-0.05, 0) is 47.5 Å². The van der Waals surface area contributed by atoms with Gasteiger partial charge in [0.25, 0.3) is 0 Å². The normalized spacial score (nSPS) is 19.8. The van der Waals surface area contributed by atoms with Crippen molar-refractivity contribution in [3.63, 3.8) is 0 Å². The Labute approximate surface area is 156 Å². The molecule has 1 unspecified atom stereocenters. The molecule has 0 bridgehead atoms. The van der Waals surface area contributed by atoms with E-state index in [0.717, 1.165) is 5.56 Å². The summed E-state index contributed by atoms with van der Waals surface area (Å²) in [5, 5.41) is 13.7. The highest BCUT2D eigenvalue weighted by molar-refractivity contribution is 6.42. The van der Waals surface area contributed by atoms with E-state index >= 15 is 0 Å². The lowest BCUT2D eigenvalue weighted by Gasteiger charge is -2.22. The summed E-state index contributed by atoms with van der Waals surface area (Å²) in [5.74, 6) is -2.78. The molecule has 2 aromatic carbocycles. The van der Waals surface area contributed by atoms with Crippen molar-refractivity contribution in [3.8, 4) is 5.75 Å². The van der Waals surface area contributed by atoms with Crippen molar-refractivity contribution in [1.82, 2.24) is 0 Å². The van der Waals surface area contributed by atoms with Gasteiger partial charge in [0.15, 0.2) is 0 Å². The molecular weight excluding hydrogens is 394 g/mol. The van der Waals surface area contributed by atoms with Gasteiger partial charge in [0, 0.05) is 0 Å². The summed E-state index contributed by atoms with van der Waals surface area (Å²) in [6, 6.07) is 11.3. The monoisotopic (exact) mass is 405 g/mol. The molecule has 0 saturated carbocycles. The Morgan fingerprint density at radius 3 is 2.38 bits per heavy atom. The molecule has 0 spiro atoms. The number of ether oxygens (including phenoxy) is 1. The highest BCUT2D eigenvalue weighted by Gasteiger charge is 2.60. The second-order valence-electron chi connectivity index (χ2n) is 5.65. The molecule has 2 aromatic rings. The fourth-order valence-corrected chi connectivity index (χ4v) is 2.59. The van der Waals surface area contributed by atoms with Crippen molar-refractivity contribution in [3.05, 3.63) is 63.6 Å². The van der Waals surface area contributed by atoms with Gasteiger partial charge in [-0.1, -0.05) is 34.4 Å². The van der Waals surface area contributed by atoms with Crippen LogP contribution in [0.2, 0.25) is 10.0 Å². The number of aliphatic hydroxyl groups is 1. The van der Waals surface area contributed by atoms with E-state index in [2.05, 4.69) is 9.99 Å². The Kier molecular flexibility index (Phi) is 5.05. The summed E-state index contributed by atoms with van der Waals surface area (Å²) in [6.07, 6.45) is -5.71. The second kappa shape index (κ2) is 6.98. The van der Waals surface area contributed by atoms with E-state index in [1.807, 2.05) is 0 Å². The summed E-state index contributed by atoms with van der Waals surface area (Å²) in [4.78, 5) is 4.19. The molecule has 1 aliphatic heterocycles. The van der Waals surface area contributed by atoms with Crippen LogP contribution in [-0.2, 0) is 11.4 Å². The standard InChI is InChI=1S/C17H12Cl2F3NO3/c18-13-6-1-10(7-14(13)19)9-25-12-4-2-11(3-5-12)15-8-16(24,26-23-15)17(20,21)22/h1-7,24H,8-9H2. The molecule has 0 aromatic heterocycles. The topological polar surface area (TPSA) is 51.0 Å². The molecule has 0 saturated heterocycles. The minimum absolute atomic E-state index is 0.000795. The Hall–Kier alpha value is -1.96. The van der Waals surface area contributed by atoms with Crippen LogP contribution in [0.4, 0.5) is 13.2 Å². The SMILES string of the molecule is OC1(C(F)(F)F)CC(c2ccc(OCc3ccc(Cl)c(Cl)c3)cc2)=NO1. The highest BCUT2D eigenvalue weighted by Crippen LogP contribution is 2.39. The van der Waals surface area contributed by atoms with Gasteiger partial charge >= 0.3 is 12.0 Å². The van der Waals surface area contributed by atoms with Gasteiger partial charge in [-0.25, -0.2) is 0 Å². The first-order chi connectivity index (χ1) is 12.2. The second-order valence-corrected chi connectivity index (χ2v) is 6.46. The molecule has 1 N–H and O–H groups in total. The Morgan fingerprint density at radius 2 is 1.81 bits per heavy atom. The van der Waals surface area contributed by atoms with Gasteiger partial charge < -0.3 is 14.7 Å². The predicted octanol–water partition coefficient (Wildman–Crippen LogP) is 4.95. The van der Waals surface area contributed by atoms with E-state index in [9.17, 15) is 18.3 Å². The average molecular weight is 406 g/mol. The number of oxime groups is 1. The Balaban J connectivity index is 1.63. The number of halogens is 5. The molecule has 1 heterocycles. The average Bonchev–Trinajstić information content (AvgIpc) is 3.00. The van der Waals surface area contributed by atoms with Gasteiger partial charge in [-0.2, -0.15) is 13.2 Å². The van der Waals surface area contributed by atoms with E-state index in [4.69, 9.17) is 27.9 Å². The van der Waals surface area contributed by atoms with Crippen LogP contribution in [0, 0.1) is 0 Å². The van der Waals surface area contributed by atoms with Crippen LogP contribution in [0.3, 0.4) is 0 Å². The van der Waals surface area contributed by atoms with Gasteiger partial charge in [-0.15, -0.1) is 0 Å². The number of rotatable bonds is 4. The van der Waals surface area contributed by atoms with Crippen molar-refractivity contribution < 1.29 is 27.9 Å². The van der Waals surface area contributed by atoms with E-state index in [1.54, 1.807) is 30.3 Å². The largest absolute Gasteiger partial charge is 0.489 e. The molecule has 0 aliphatic carbocycles. The lowest BCUT2D eigenvalue weighted by molar-refractivity contribution is -0.355. The summed E-state index contributed by atoms with van der Waals surface area (Å²) in [7, 11) is 0. The van der Waals surface area contributed by atoms with Crippen LogP contribution in [0.15, 0.2) is 47.6 Å². The summed E-state index contributed by atoms with van der Waals surface area (Å²) in [5.41, 5.74) is 1.21. The number of benzene rings is 2. The minimum Gasteiger partial charge on any atom is -0.489 e. The summed E-state index contributed by atoms with van der Waals surface area (Å²) >= 11 is 11.8. The fourth-order valence-electron chi connectivity index (χ4n) is 2.27. The molecule has 138 valence electrons. The molecule has 0 amide bonds. The zero-order valence-corrected chi connectivity index (χ0v) is 14.6. The first-order valence-electron chi connectivity index (χ1n) is 7.39. The third kappa shape index (κ3) is 3.90. The van der Waals surface area contributed by atoms with Crippen LogP contribution < -0.4 is 4.74 Å². The molecule has 26 heavy (non-hydrogen) atoms. The Bertz CT molecular complexity index is 840. The van der Waals surface area contributed by atoms with Gasteiger partial charge in [0.05, 0.1) is 22.2 Å². The number of alkyl halides is 3. The van der Waals surface area contributed by atoms with Crippen LogP contribution in [0.25, 0.3) is 0 Å². The Morgan fingerprint density at radius 1 is 1.12 bits per heavy atom.